The van der Waals surface area contributed by atoms with Crippen molar-refractivity contribution in [1.82, 2.24) is 24.5 Å². The molecular weight excluding hydrogens is 487 g/mol. The number of carbonyl (C=O) groups is 1. The van der Waals surface area contributed by atoms with Gasteiger partial charge in [0.1, 0.15) is 22.9 Å². The largest absolute Gasteiger partial charge is 0.434 e. The van der Waals surface area contributed by atoms with Gasteiger partial charge in [0.25, 0.3) is 5.91 Å². The minimum absolute atomic E-state index is 0.0627. The molecule has 37 heavy (non-hydrogen) atoms. The fourth-order valence-electron chi connectivity index (χ4n) is 5.38. The van der Waals surface area contributed by atoms with Crippen molar-refractivity contribution in [2.24, 2.45) is 0 Å². The predicted molar refractivity (Wildman–Crippen MR) is 126 cm³/mol. The summed E-state index contributed by atoms with van der Waals surface area (Å²) in [5, 5.41) is 14.8. The third-order valence-corrected chi connectivity index (χ3v) is 7.01. The van der Waals surface area contributed by atoms with E-state index in [1.165, 1.54) is 38.2 Å². The standard InChI is InChI=1S/C26H22F3N5O3/c1-26(2,36)23-15(27)9-12(11-30-23)16-7-8-19-31-21-17-10-14(22(21)34(19)32-16)20-13(24(35)33(17)3)5-4-6-18(20)37-25(28)29/h4-9,11,14,17,25,36H,10H2,1-3H3. The lowest BCUT2D eigenvalue weighted by molar-refractivity contribution is -0.0506. The molecule has 0 spiro atoms. The highest BCUT2D eigenvalue weighted by molar-refractivity contribution is 5.98. The number of nitrogens with zero attached hydrogens (tertiary/aromatic N) is 5. The smallest absolute Gasteiger partial charge is 0.387 e. The molecule has 1 aromatic carbocycles. The zero-order valence-corrected chi connectivity index (χ0v) is 20.1. The average Bonchev–Trinajstić information content (AvgIpc) is 3.35. The lowest BCUT2D eigenvalue weighted by atomic mass is 9.91. The van der Waals surface area contributed by atoms with E-state index in [1.54, 1.807) is 34.7 Å². The van der Waals surface area contributed by atoms with E-state index < -0.39 is 23.9 Å². The normalized spacial score (nSPS) is 18.8. The molecule has 6 rings (SSSR count). The summed E-state index contributed by atoms with van der Waals surface area (Å²) in [6.45, 7) is -0.160. The summed E-state index contributed by atoms with van der Waals surface area (Å²) in [5.74, 6) is -1.51. The van der Waals surface area contributed by atoms with E-state index in [4.69, 9.17) is 14.8 Å². The zero-order valence-electron chi connectivity index (χ0n) is 20.1. The molecule has 3 aromatic heterocycles. The van der Waals surface area contributed by atoms with Crippen LogP contribution in [-0.2, 0) is 5.60 Å². The van der Waals surface area contributed by atoms with Crippen LogP contribution in [0.1, 0.15) is 65.2 Å². The Hall–Kier alpha value is -3.99. The number of rotatable bonds is 4. The maximum atomic E-state index is 14.7. The minimum atomic E-state index is -3.06. The number of hydrogen-bond acceptors (Lipinski definition) is 6. The maximum Gasteiger partial charge on any atom is 0.387 e. The third-order valence-electron chi connectivity index (χ3n) is 7.01. The van der Waals surface area contributed by atoms with Gasteiger partial charge in [0, 0.05) is 35.9 Å². The molecule has 4 aromatic rings. The summed E-state index contributed by atoms with van der Waals surface area (Å²) in [4.78, 5) is 23.6. The summed E-state index contributed by atoms with van der Waals surface area (Å²) in [6, 6.07) is 8.82. The Labute approximate surface area is 209 Å². The molecule has 190 valence electrons. The quantitative estimate of drug-likeness (QED) is 0.438. The number of halogens is 3. The second-order valence-corrected chi connectivity index (χ2v) is 9.80. The van der Waals surface area contributed by atoms with Crippen molar-refractivity contribution in [3.05, 3.63) is 76.6 Å². The van der Waals surface area contributed by atoms with Gasteiger partial charge in [0.2, 0.25) is 0 Å². The molecule has 8 nitrogen and oxygen atoms in total. The Balaban J connectivity index is 1.53. The van der Waals surface area contributed by atoms with E-state index in [0.29, 0.717) is 45.8 Å². The lowest BCUT2D eigenvalue weighted by Crippen LogP contribution is -2.30. The van der Waals surface area contributed by atoms with Gasteiger partial charge in [-0.15, -0.1) is 0 Å². The van der Waals surface area contributed by atoms with Crippen LogP contribution in [0.15, 0.2) is 42.6 Å². The number of fused-ring (bicyclic) bond motifs is 9. The molecule has 0 radical (unpaired) electrons. The van der Waals surface area contributed by atoms with Gasteiger partial charge in [-0.2, -0.15) is 13.9 Å². The molecule has 2 unspecified atom stereocenters. The van der Waals surface area contributed by atoms with E-state index >= 15 is 0 Å². The molecule has 2 aliphatic rings. The Kier molecular flexibility index (Phi) is 5.07. The number of ether oxygens (including phenoxy) is 1. The van der Waals surface area contributed by atoms with Crippen LogP contribution in [0.3, 0.4) is 0 Å². The van der Waals surface area contributed by atoms with E-state index in [9.17, 15) is 23.1 Å². The van der Waals surface area contributed by atoms with E-state index in [0.717, 1.165) is 0 Å². The van der Waals surface area contributed by atoms with Crippen LogP contribution in [0.4, 0.5) is 13.2 Å². The maximum absolute atomic E-state index is 14.7. The molecule has 2 atom stereocenters. The first kappa shape index (κ1) is 23.4. The summed E-state index contributed by atoms with van der Waals surface area (Å²) in [6.07, 6.45) is 1.86. The zero-order chi connectivity index (χ0) is 26.2. The van der Waals surface area contributed by atoms with Gasteiger partial charge in [-0.25, -0.2) is 13.9 Å². The molecule has 0 saturated carbocycles. The number of alkyl halides is 2. The number of imidazole rings is 1. The van der Waals surface area contributed by atoms with Crippen LogP contribution >= 0.6 is 0 Å². The van der Waals surface area contributed by atoms with Gasteiger partial charge >= 0.3 is 6.61 Å². The van der Waals surface area contributed by atoms with Crippen molar-refractivity contribution in [2.45, 2.75) is 44.4 Å². The predicted octanol–water partition coefficient (Wildman–Crippen LogP) is 4.42. The van der Waals surface area contributed by atoms with E-state index in [-0.39, 0.29) is 23.4 Å². The molecule has 2 bridgehead atoms. The van der Waals surface area contributed by atoms with Crippen LogP contribution in [0.25, 0.3) is 16.9 Å². The molecule has 0 saturated heterocycles. The van der Waals surface area contributed by atoms with Gasteiger partial charge in [0.15, 0.2) is 5.65 Å². The SMILES string of the molecule is CN1C(=O)c2cccc(OC(F)F)c2C2CC1c1nc3ccc(-c4cnc(C(C)(C)O)c(F)c4)nn3c12. The van der Waals surface area contributed by atoms with E-state index in [2.05, 4.69) is 4.98 Å². The van der Waals surface area contributed by atoms with Crippen LogP contribution in [-0.4, -0.2) is 49.2 Å². The van der Waals surface area contributed by atoms with Crippen molar-refractivity contribution in [1.29, 1.82) is 0 Å². The molecular formula is C26H22F3N5O3. The van der Waals surface area contributed by atoms with E-state index in [1.807, 2.05) is 0 Å². The Bertz CT molecular complexity index is 1580. The van der Waals surface area contributed by atoms with Crippen molar-refractivity contribution < 1.29 is 27.8 Å². The number of aliphatic hydroxyl groups is 1. The molecule has 4 heterocycles. The van der Waals surface area contributed by atoms with Crippen molar-refractivity contribution in [2.75, 3.05) is 7.05 Å². The van der Waals surface area contributed by atoms with Crippen molar-refractivity contribution in [3.63, 3.8) is 0 Å². The van der Waals surface area contributed by atoms with Crippen molar-refractivity contribution >= 4 is 11.6 Å². The van der Waals surface area contributed by atoms with Crippen LogP contribution < -0.4 is 4.74 Å². The second-order valence-electron chi connectivity index (χ2n) is 9.80. The number of amides is 1. The third kappa shape index (κ3) is 3.56. The minimum Gasteiger partial charge on any atom is -0.434 e. The number of benzene rings is 1. The summed E-state index contributed by atoms with van der Waals surface area (Å²) < 4.78 is 47.7. The molecule has 1 aliphatic heterocycles. The molecule has 0 fully saturated rings. The Morgan fingerprint density at radius 1 is 1.22 bits per heavy atom. The fraction of sp³-hybridized carbons (Fsp3) is 0.308. The summed E-state index contributed by atoms with van der Waals surface area (Å²) in [5.41, 5.74) is 1.72. The van der Waals surface area contributed by atoms with Gasteiger partial charge in [-0.1, -0.05) is 6.07 Å². The number of carbonyl (C=O) groups excluding carboxylic acids is 1. The van der Waals surface area contributed by atoms with Gasteiger partial charge in [-0.05, 0) is 50.6 Å². The van der Waals surface area contributed by atoms with Crippen LogP contribution in [0.2, 0.25) is 0 Å². The van der Waals surface area contributed by atoms with Crippen LogP contribution in [0, 0.1) is 5.82 Å². The molecule has 11 heteroatoms. The summed E-state index contributed by atoms with van der Waals surface area (Å²) >= 11 is 0. The first-order valence-corrected chi connectivity index (χ1v) is 11.7. The molecule has 1 amide bonds. The van der Waals surface area contributed by atoms with Crippen molar-refractivity contribution in [3.8, 4) is 17.0 Å². The average molecular weight is 509 g/mol. The van der Waals surface area contributed by atoms with Gasteiger partial charge in [0.05, 0.1) is 23.1 Å². The summed E-state index contributed by atoms with van der Waals surface area (Å²) in [7, 11) is 1.66. The molecule has 1 N–H and O–H groups in total. The fourth-order valence-corrected chi connectivity index (χ4v) is 5.38. The topological polar surface area (TPSA) is 92.9 Å². The lowest BCUT2D eigenvalue weighted by Gasteiger charge is -2.23. The molecule has 1 aliphatic carbocycles. The Morgan fingerprint density at radius 2 is 2.00 bits per heavy atom. The first-order valence-electron chi connectivity index (χ1n) is 11.7. The number of pyridine rings is 1. The van der Waals surface area contributed by atoms with Gasteiger partial charge in [-0.3, -0.25) is 9.78 Å². The Morgan fingerprint density at radius 3 is 2.70 bits per heavy atom. The van der Waals surface area contributed by atoms with Crippen LogP contribution in [0.5, 0.6) is 5.75 Å². The number of aromatic nitrogens is 4. The highest BCUT2D eigenvalue weighted by Gasteiger charge is 2.46. The number of hydrogen-bond donors (Lipinski definition) is 1. The van der Waals surface area contributed by atoms with Gasteiger partial charge < -0.3 is 14.7 Å². The first-order chi connectivity index (χ1) is 17.5. The highest BCUT2D eigenvalue weighted by Crippen LogP contribution is 2.52. The second kappa shape index (κ2) is 8.01. The highest BCUT2D eigenvalue weighted by atomic mass is 19.3. The monoisotopic (exact) mass is 509 g/mol.